The van der Waals surface area contributed by atoms with E-state index in [0.29, 0.717) is 12.2 Å². The van der Waals surface area contributed by atoms with E-state index in [1.807, 2.05) is 13.8 Å². The van der Waals surface area contributed by atoms with E-state index in [0.717, 1.165) is 11.3 Å². The van der Waals surface area contributed by atoms with Crippen molar-refractivity contribution in [2.45, 2.75) is 32.4 Å². The Morgan fingerprint density at radius 2 is 1.67 bits per heavy atom. The van der Waals surface area contributed by atoms with E-state index < -0.39 is 6.10 Å². The van der Waals surface area contributed by atoms with Gasteiger partial charge in [-0.25, -0.2) is 4.39 Å². The van der Waals surface area contributed by atoms with Gasteiger partial charge < -0.3 is 14.8 Å². The second-order valence-corrected chi connectivity index (χ2v) is 5.47. The van der Waals surface area contributed by atoms with Gasteiger partial charge in [0.25, 0.3) is 5.91 Å². The van der Waals surface area contributed by atoms with Crippen molar-refractivity contribution in [2.24, 2.45) is 0 Å². The lowest BCUT2D eigenvalue weighted by atomic mass is 10.1. The highest BCUT2D eigenvalue weighted by Crippen LogP contribution is 2.20. The molecule has 2 aromatic carbocycles. The van der Waals surface area contributed by atoms with E-state index in [1.54, 1.807) is 43.5 Å². The summed E-state index contributed by atoms with van der Waals surface area (Å²) in [4.78, 5) is 12.4. The predicted octanol–water partition coefficient (Wildman–Crippen LogP) is 3.87. The summed E-state index contributed by atoms with van der Waals surface area (Å²) in [6.07, 6.45) is -0.0603. The molecule has 24 heavy (non-hydrogen) atoms. The molecule has 1 amide bonds. The molecule has 0 heterocycles. The van der Waals surface area contributed by atoms with Gasteiger partial charge in [0.15, 0.2) is 6.10 Å². The quantitative estimate of drug-likeness (QED) is 0.838. The zero-order valence-electron chi connectivity index (χ0n) is 14.1. The zero-order valence-corrected chi connectivity index (χ0v) is 14.1. The monoisotopic (exact) mass is 331 g/mol. The van der Waals surface area contributed by atoms with Crippen LogP contribution < -0.4 is 14.8 Å². The number of carbonyl (C=O) groups is 1. The first-order valence-electron chi connectivity index (χ1n) is 7.90. The Morgan fingerprint density at radius 1 is 1.08 bits per heavy atom. The first-order valence-corrected chi connectivity index (χ1v) is 7.90. The predicted molar refractivity (Wildman–Crippen MR) is 90.7 cm³/mol. The first kappa shape index (κ1) is 17.8. The molecule has 0 spiro atoms. The van der Waals surface area contributed by atoms with Crippen LogP contribution in [0.5, 0.6) is 11.5 Å². The summed E-state index contributed by atoms with van der Waals surface area (Å²) in [5.74, 6) is 0.828. The molecular formula is C19H22FNO3. The highest BCUT2D eigenvalue weighted by atomic mass is 19.1. The average Bonchev–Trinajstić information content (AvgIpc) is 2.60. The lowest BCUT2D eigenvalue weighted by Gasteiger charge is -2.21. The van der Waals surface area contributed by atoms with Crippen LogP contribution in [0.25, 0.3) is 0 Å². The lowest BCUT2D eigenvalue weighted by molar-refractivity contribution is -0.128. The highest BCUT2D eigenvalue weighted by molar-refractivity contribution is 5.81. The van der Waals surface area contributed by atoms with Crippen molar-refractivity contribution in [3.63, 3.8) is 0 Å². The summed E-state index contributed by atoms with van der Waals surface area (Å²) in [6.45, 7) is 3.74. The standard InChI is InChI=1S/C19H22FNO3/c1-4-18(24-17-11-9-16(23-3)10-12-17)19(22)21-13(2)14-5-7-15(20)8-6-14/h5-13,18H,4H2,1-3H3,(H,21,22)/t13-,18-/m1/s1. The Labute approximate surface area is 141 Å². The maximum atomic E-state index is 13.0. The number of nitrogens with one attached hydrogen (secondary N) is 1. The molecule has 4 nitrogen and oxygen atoms in total. The molecule has 0 fully saturated rings. The number of methoxy groups -OCH3 is 1. The van der Waals surface area contributed by atoms with Crippen LogP contribution in [0.4, 0.5) is 4.39 Å². The topological polar surface area (TPSA) is 47.6 Å². The third-order valence-electron chi connectivity index (χ3n) is 3.73. The van der Waals surface area contributed by atoms with Crippen LogP contribution >= 0.6 is 0 Å². The minimum atomic E-state index is -0.596. The van der Waals surface area contributed by atoms with E-state index in [2.05, 4.69) is 5.32 Å². The molecule has 2 atom stereocenters. The number of rotatable bonds is 7. The Hall–Kier alpha value is -2.56. The van der Waals surface area contributed by atoms with E-state index in [1.165, 1.54) is 12.1 Å². The molecule has 1 N–H and O–H groups in total. The zero-order chi connectivity index (χ0) is 17.5. The summed E-state index contributed by atoms with van der Waals surface area (Å²) in [5.41, 5.74) is 0.837. The smallest absolute Gasteiger partial charge is 0.261 e. The second-order valence-electron chi connectivity index (χ2n) is 5.47. The van der Waals surface area contributed by atoms with Gasteiger partial charge in [0.05, 0.1) is 13.2 Å². The lowest BCUT2D eigenvalue weighted by Crippen LogP contribution is -2.39. The van der Waals surface area contributed by atoms with Gasteiger partial charge in [-0.3, -0.25) is 4.79 Å². The van der Waals surface area contributed by atoms with Gasteiger partial charge in [-0.1, -0.05) is 19.1 Å². The molecule has 0 aliphatic heterocycles. The minimum absolute atomic E-state index is 0.204. The molecule has 128 valence electrons. The molecule has 0 saturated heterocycles. The molecule has 5 heteroatoms. The first-order chi connectivity index (χ1) is 11.5. The number of hydrogen-bond acceptors (Lipinski definition) is 3. The fourth-order valence-electron chi connectivity index (χ4n) is 2.28. The van der Waals surface area contributed by atoms with Crippen molar-refractivity contribution >= 4 is 5.91 Å². The van der Waals surface area contributed by atoms with Crippen LogP contribution in [0.15, 0.2) is 48.5 Å². The summed E-state index contributed by atoms with van der Waals surface area (Å²) >= 11 is 0. The van der Waals surface area contributed by atoms with Crippen LogP contribution in [-0.4, -0.2) is 19.1 Å². The summed E-state index contributed by atoms with van der Waals surface area (Å²) in [7, 11) is 1.59. The van der Waals surface area contributed by atoms with E-state index in [4.69, 9.17) is 9.47 Å². The maximum absolute atomic E-state index is 13.0. The fourth-order valence-corrected chi connectivity index (χ4v) is 2.28. The van der Waals surface area contributed by atoms with Crippen molar-refractivity contribution < 1.29 is 18.7 Å². The summed E-state index contributed by atoms with van der Waals surface area (Å²) in [6, 6.07) is 12.9. The molecule has 0 aliphatic carbocycles. The van der Waals surface area contributed by atoms with Crippen LogP contribution in [0.1, 0.15) is 31.9 Å². The largest absolute Gasteiger partial charge is 0.497 e. The maximum Gasteiger partial charge on any atom is 0.261 e. The van der Waals surface area contributed by atoms with Crippen LogP contribution in [0.3, 0.4) is 0 Å². The van der Waals surface area contributed by atoms with Gasteiger partial charge >= 0.3 is 0 Å². The van der Waals surface area contributed by atoms with Crippen LogP contribution in [0, 0.1) is 5.82 Å². The Kier molecular flexibility index (Phi) is 6.18. The van der Waals surface area contributed by atoms with E-state index in [9.17, 15) is 9.18 Å². The third kappa shape index (κ3) is 4.72. The molecule has 0 aliphatic rings. The van der Waals surface area contributed by atoms with Gasteiger partial charge in [0.1, 0.15) is 17.3 Å². The summed E-state index contributed by atoms with van der Waals surface area (Å²) in [5, 5.41) is 2.90. The van der Waals surface area contributed by atoms with E-state index in [-0.39, 0.29) is 17.8 Å². The third-order valence-corrected chi connectivity index (χ3v) is 3.73. The van der Waals surface area contributed by atoms with Crippen molar-refractivity contribution in [1.82, 2.24) is 5.32 Å². The molecule has 2 aromatic rings. The fraction of sp³-hybridized carbons (Fsp3) is 0.316. The van der Waals surface area contributed by atoms with Crippen LogP contribution in [0.2, 0.25) is 0 Å². The van der Waals surface area contributed by atoms with Gasteiger partial charge in [0.2, 0.25) is 0 Å². The highest BCUT2D eigenvalue weighted by Gasteiger charge is 2.20. The molecule has 0 radical (unpaired) electrons. The van der Waals surface area contributed by atoms with Gasteiger partial charge in [-0.15, -0.1) is 0 Å². The van der Waals surface area contributed by atoms with Crippen molar-refractivity contribution in [1.29, 1.82) is 0 Å². The van der Waals surface area contributed by atoms with Crippen molar-refractivity contribution in [2.75, 3.05) is 7.11 Å². The van der Waals surface area contributed by atoms with Crippen molar-refractivity contribution in [3.8, 4) is 11.5 Å². The Morgan fingerprint density at radius 3 is 2.21 bits per heavy atom. The van der Waals surface area contributed by atoms with Gasteiger partial charge in [0, 0.05) is 0 Å². The molecular weight excluding hydrogens is 309 g/mol. The number of ether oxygens (including phenoxy) is 2. The second kappa shape index (κ2) is 8.34. The molecule has 0 bridgehead atoms. The molecule has 0 saturated carbocycles. The molecule has 0 aromatic heterocycles. The average molecular weight is 331 g/mol. The number of amides is 1. The van der Waals surface area contributed by atoms with Gasteiger partial charge in [-0.05, 0) is 55.3 Å². The summed E-state index contributed by atoms with van der Waals surface area (Å²) < 4.78 is 23.8. The number of hydrogen-bond donors (Lipinski definition) is 1. The van der Waals surface area contributed by atoms with E-state index >= 15 is 0 Å². The molecule has 0 unspecified atom stereocenters. The SMILES string of the molecule is CC[C@@H](Oc1ccc(OC)cc1)C(=O)N[C@H](C)c1ccc(F)cc1. The Balaban J connectivity index is 1.98. The molecule has 2 rings (SSSR count). The van der Waals surface area contributed by atoms with Gasteiger partial charge in [-0.2, -0.15) is 0 Å². The number of carbonyl (C=O) groups excluding carboxylic acids is 1. The van der Waals surface area contributed by atoms with Crippen LogP contribution in [-0.2, 0) is 4.79 Å². The minimum Gasteiger partial charge on any atom is -0.497 e. The number of benzene rings is 2. The van der Waals surface area contributed by atoms with Crippen molar-refractivity contribution in [3.05, 3.63) is 59.9 Å². The normalized spacial score (nSPS) is 13.0. The number of halogens is 1. The Bertz CT molecular complexity index is 655.